The number of nitriles is 8. The Morgan fingerprint density at radius 3 is 0.875 bits per heavy atom. The molecular formula is C32H44N8. The lowest BCUT2D eigenvalue weighted by molar-refractivity contribution is 0.773. The van der Waals surface area contributed by atoms with Gasteiger partial charge in [0.05, 0.1) is 49.3 Å². The highest BCUT2D eigenvalue weighted by Gasteiger charge is 1.83. The molecule has 8 heteroatoms. The zero-order valence-electron chi connectivity index (χ0n) is 24.3. The molecule has 0 unspecified atom stereocenters. The molecule has 0 aliphatic heterocycles. The molecule has 212 valence electrons. The molecule has 0 bridgehead atoms. The van der Waals surface area contributed by atoms with Crippen molar-refractivity contribution in [3.8, 4) is 49.6 Å². The van der Waals surface area contributed by atoms with Crippen LogP contribution in [0, 0.1) is 91.7 Å². The van der Waals surface area contributed by atoms with Gasteiger partial charge in [0.1, 0.15) is 0 Å². The van der Waals surface area contributed by atoms with Crippen molar-refractivity contribution < 1.29 is 0 Å². The SMILES string of the molecule is C#N.C#N.C/C=C\CC#N.C/C=C\CC#N.C=CC=C.C=CCCC#N.C=CCCC#N.N#CCCCCC#N. The van der Waals surface area contributed by atoms with Gasteiger partial charge in [-0.3, -0.25) is 0 Å². The molecule has 0 N–H and O–H groups in total. The highest BCUT2D eigenvalue weighted by Crippen LogP contribution is 1.95. The molecule has 0 aromatic heterocycles. The van der Waals surface area contributed by atoms with Crippen molar-refractivity contribution in [3.63, 3.8) is 0 Å². The van der Waals surface area contributed by atoms with Crippen molar-refractivity contribution in [2.75, 3.05) is 0 Å². The topological polar surface area (TPSA) is 190 Å². The monoisotopic (exact) mass is 540 g/mol. The van der Waals surface area contributed by atoms with E-state index in [4.69, 9.17) is 42.1 Å². The van der Waals surface area contributed by atoms with E-state index in [0.29, 0.717) is 38.5 Å². The highest BCUT2D eigenvalue weighted by atomic mass is 14.2. The minimum Gasteiger partial charge on any atom is -0.202 e. The van der Waals surface area contributed by atoms with Gasteiger partial charge in [0.15, 0.2) is 0 Å². The summed E-state index contributed by atoms with van der Waals surface area (Å²) in [5, 5.41) is 60.7. The van der Waals surface area contributed by atoms with Crippen LogP contribution in [-0.4, -0.2) is 0 Å². The number of hydrogen-bond acceptors (Lipinski definition) is 8. The third-order valence-electron chi connectivity index (χ3n) is 2.80. The third-order valence-corrected chi connectivity index (χ3v) is 2.80. The molecule has 8 nitrogen and oxygen atoms in total. The molecule has 0 saturated carbocycles. The fourth-order valence-corrected chi connectivity index (χ4v) is 1.08. The molecule has 0 amide bonds. The normalized spacial score (nSPS) is 6.60. The Balaban J connectivity index is -0.0000000503. The van der Waals surface area contributed by atoms with Crippen LogP contribution in [0.4, 0.5) is 0 Å². The summed E-state index contributed by atoms with van der Waals surface area (Å²) in [6.07, 6.45) is 20.9. The first-order valence-electron chi connectivity index (χ1n) is 11.9. The van der Waals surface area contributed by atoms with E-state index in [1.807, 2.05) is 74.6 Å². The lowest BCUT2D eigenvalue weighted by Crippen LogP contribution is -1.70. The molecule has 0 saturated heterocycles. The Kier molecular flexibility index (Phi) is 143. The maximum absolute atomic E-state index is 8.03. The van der Waals surface area contributed by atoms with Crippen molar-refractivity contribution in [3.05, 3.63) is 74.9 Å². The number of hydrogen-bond donors (Lipinski definition) is 0. The first-order valence-corrected chi connectivity index (χ1v) is 11.9. The van der Waals surface area contributed by atoms with Crippen LogP contribution in [0.2, 0.25) is 0 Å². The molecule has 0 fully saturated rings. The van der Waals surface area contributed by atoms with Gasteiger partial charge < -0.3 is 0 Å². The second-order valence-corrected chi connectivity index (χ2v) is 5.83. The molecular weight excluding hydrogens is 496 g/mol. The summed E-state index contributed by atoms with van der Waals surface area (Å²) in [6.45, 7) is 24.4. The van der Waals surface area contributed by atoms with E-state index in [9.17, 15) is 0 Å². The number of rotatable bonds is 10. The van der Waals surface area contributed by atoms with E-state index >= 15 is 0 Å². The number of nitrogens with zero attached hydrogens (tertiary/aromatic N) is 8. The van der Waals surface area contributed by atoms with Gasteiger partial charge in [-0.25, -0.2) is 10.5 Å². The summed E-state index contributed by atoms with van der Waals surface area (Å²) in [7, 11) is 0. The molecule has 0 heterocycles. The van der Waals surface area contributed by atoms with Crippen LogP contribution in [0.3, 0.4) is 0 Å². The number of allylic oxidation sites excluding steroid dienone is 8. The smallest absolute Gasteiger partial charge is 0.0663 e. The zero-order valence-corrected chi connectivity index (χ0v) is 24.3. The molecule has 0 rings (SSSR count). The maximum Gasteiger partial charge on any atom is 0.0663 e. The summed E-state index contributed by atoms with van der Waals surface area (Å²) < 4.78 is 0. The zero-order chi connectivity index (χ0) is 33.0. The Labute approximate surface area is 244 Å². The van der Waals surface area contributed by atoms with Crippen LogP contribution >= 0.6 is 0 Å². The van der Waals surface area contributed by atoms with Gasteiger partial charge in [-0.15, -0.1) is 13.2 Å². The van der Waals surface area contributed by atoms with E-state index < -0.39 is 0 Å². The number of unbranched alkanes of at least 4 members (excludes halogenated alkanes) is 5. The van der Waals surface area contributed by atoms with E-state index in [2.05, 4.69) is 39.5 Å². The molecule has 0 spiro atoms. The summed E-state index contributed by atoms with van der Waals surface area (Å²) in [6, 6.07) is 12.0. The van der Waals surface area contributed by atoms with Crippen molar-refractivity contribution in [2.45, 2.75) is 78.1 Å². The molecule has 40 heavy (non-hydrogen) atoms. The Morgan fingerprint density at radius 2 is 0.775 bits per heavy atom. The lowest BCUT2D eigenvalue weighted by Gasteiger charge is -1.83. The van der Waals surface area contributed by atoms with Crippen molar-refractivity contribution >= 4 is 0 Å². The predicted molar refractivity (Wildman–Crippen MR) is 164 cm³/mol. The largest absolute Gasteiger partial charge is 0.202 e. The Morgan fingerprint density at radius 1 is 0.500 bits per heavy atom. The summed E-state index contributed by atoms with van der Waals surface area (Å²) in [4.78, 5) is 0. The van der Waals surface area contributed by atoms with Gasteiger partial charge in [-0.05, 0) is 39.5 Å². The fourth-order valence-electron chi connectivity index (χ4n) is 1.08. The molecule has 0 atom stereocenters. The van der Waals surface area contributed by atoms with Crippen LogP contribution in [-0.2, 0) is 0 Å². The van der Waals surface area contributed by atoms with E-state index in [1.165, 1.54) is 0 Å². The second kappa shape index (κ2) is 104. The van der Waals surface area contributed by atoms with E-state index in [0.717, 1.165) is 25.7 Å². The van der Waals surface area contributed by atoms with E-state index in [1.54, 1.807) is 24.3 Å². The van der Waals surface area contributed by atoms with Crippen molar-refractivity contribution in [1.29, 1.82) is 42.1 Å². The molecule has 0 aliphatic carbocycles. The van der Waals surface area contributed by atoms with Gasteiger partial charge in [0.2, 0.25) is 0 Å². The maximum atomic E-state index is 8.03. The lowest BCUT2D eigenvalue weighted by atomic mass is 10.2. The van der Waals surface area contributed by atoms with Crippen LogP contribution in [0.5, 0.6) is 0 Å². The minimum absolute atomic E-state index is 0.538. The van der Waals surface area contributed by atoms with Gasteiger partial charge in [-0.1, -0.05) is 61.8 Å². The van der Waals surface area contributed by atoms with Crippen molar-refractivity contribution in [2.24, 2.45) is 0 Å². The average Bonchev–Trinajstić information content (AvgIpc) is 3.02. The standard InChI is InChI=1S/C6H8N2.4C5H7N.C4H6.2CHN/c7-5-3-1-2-4-6-8;4*1-2-3-4-5-6;1-3-4-2;2*1-2/h1-4H2;2*2-3H,4H2,1H3;2*2H,1,3-4H2;3-4H,1-2H2;2*1H/b;2*3-2-;;;;;. The van der Waals surface area contributed by atoms with Crippen LogP contribution in [0.25, 0.3) is 0 Å². The van der Waals surface area contributed by atoms with E-state index in [-0.39, 0.29) is 0 Å². The fraction of sp³-hybridized carbons (Fsp3) is 0.375. The van der Waals surface area contributed by atoms with Gasteiger partial charge >= 0.3 is 0 Å². The quantitative estimate of drug-likeness (QED) is 0.149. The van der Waals surface area contributed by atoms with Gasteiger partial charge in [0.25, 0.3) is 0 Å². The Bertz CT molecular complexity index is 791. The van der Waals surface area contributed by atoms with Crippen LogP contribution < -0.4 is 0 Å². The molecule has 0 radical (unpaired) electrons. The predicted octanol–water partition coefficient (Wildman–Crippen LogP) is 9.14. The minimum atomic E-state index is 0.538. The summed E-state index contributed by atoms with van der Waals surface area (Å²) in [5.74, 6) is 0. The highest BCUT2D eigenvalue weighted by molar-refractivity contribution is 4.89. The van der Waals surface area contributed by atoms with Gasteiger partial charge in [-0.2, -0.15) is 31.6 Å². The molecule has 0 aliphatic rings. The molecule has 0 aromatic rings. The van der Waals surface area contributed by atoms with Crippen LogP contribution in [0.1, 0.15) is 78.1 Å². The van der Waals surface area contributed by atoms with Crippen LogP contribution in [0.15, 0.2) is 74.9 Å². The summed E-state index contributed by atoms with van der Waals surface area (Å²) >= 11 is 0. The first kappa shape index (κ1) is 55.0. The third kappa shape index (κ3) is 208. The summed E-state index contributed by atoms with van der Waals surface area (Å²) in [5.41, 5.74) is 0. The van der Waals surface area contributed by atoms with Gasteiger partial charge in [0, 0.05) is 38.8 Å². The van der Waals surface area contributed by atoms with Crippen molar-refractivity contribution in [1.82, 2.24) is 0 Å². The second-order valence-electron chi connectivity index (χ2n) is 5.83. The molecule has 0 aromatic carbocycles. The Hall–Kier alpha value is -5.64. The average molecular weight is 541 g/mol. The first-order chi connectivity index (χ1) is 19.5.